The number of halogens is 2. The number of hydrogen-bond acceptors (Lipinski definition) is 3. The van der Waals surface area contributed by atoms with Gasteiger partial charge in [0, 0.05) is 11.4 Å². The minimum Gasteiger partial charge on any atom is -0.207 e. The SMILES string of the molecule is CCC(CCBr)NS(=O)(=O)c1ccc(Cl)s1. The number of rotatable bonds is 6. The Hall–Kier alpha value is 0.380. The summed E-state index contributed by atoms with van der Waals surface area (Å²) in [6.07, 6.45) is 1.54. The molecule has 0 saturated heterocycles. The summed E-state index contributed by atoms with van der Waals surface area (Å²) in [5.74, 6) is 0. The largest absolute Gasteiger partial charge is 0.250 e. The maximum Gasteiger partial charge on any atom is 0.250 e. The minimum absolute atomic E-state index is 0.0368. The third kappa shape index (κ3) is 4.00. The van der Waals surface area contributed by atoms with Crippen molar-refractivity contribution in [1.82, 2.24) is 4.72 Å². The van der Waals surface area contributed by atoms with E-state index in [9.17, 15) is 8.42 Å². The summed E-state index contributed by atoms with van der Waals surface area (Å²) in [7, 11) is -3.41. The number of sulfonamides is 1. The second-order valence-corrected chi connectivity index (χ2v) is 7.71. The van der Waals surface area contributed by atoms with E-state index in [4.69, 9.17) is 11.6 Å². The molecule has 0 fully saturated rings. The number of nitrogens with one attached hydrogen (secondary N) is 1. The fraction of sp³-hybridized carbons (Fsp3) is 0.556. The fourth-order valence-electron chi connectivity index (χ4n) is 1.20. The van der Waals surface area contributed by atoms with Gasteiger partial charge in [-0.2, -0.15) is 0 Å². The molecule has 1 heterocycles. The molecule has 1 N–H and O–H groups in total. The summed E-state index contributed by atoms with van der Waals surface area (Å²) >= 11 is 10.1. The van der Waals surface area contributed by atoms with Crippen molar-refractivity contribution in [2.75, 3.05) is 5.33 Å². The molecule has 0 aromatic carbocycles. The fourth-order valence-corrected chi connectivity index (χ4v) is 4.60. The third-order valence-corrected chi connectivity index (χ3v) is 5.79. The van der Waals surface area contributed by atoms with Crippen LogP contribution in [0, 0.1) is 0 Å². The molecule has 1 aromatic heterocycles. The smallest absolute Gasteiger partial charge is 0.207 e. The predicted molar refractivity (Wildman–Crippen MR) is 72.1 cm³/mol. The Labute approximate surface area is 113 Å². The summed E-state index contributed by atoms with van der Waals surface area (Å²) in [4.78, 5) is 0. The van der Waals surface area contributed by atoms with Crippen LogP contribution in [0.5, 0.6) is 0 Å². The second-order valence-electron chi connectivity index (χ2n) is 3.26. The van der Waals surface area contributed by atoms with Crippen molar-refractivity contribution in [3.63, 3.8) is 0 Å². The van der Waals surface area contributed by atoms with Crippen molar-refractivity contribution >= 4 is 48.9 Å². The van der Waals surface area contributed by atoms with Crippen molar-refractivity contribution in [1.29, 1.82) is 0 Å². The minimum atomic E-state index is -3.41. The summed E-state index contributed by atoms with van der Waals surface area (Å²) in [6.45, 7) is 1.96. The molecule has 0 aliphatic heterocycles. The molecule has 0 amide bonds. The van der Waals surface area contributed by atoms with Crippen LogP contribution in [-0.4, -0.2) is 19.8 Å². The van der Waals surface area contributed by atoms with E-state index in [0.29, 0.717) is 4.34 Å². The summed E-state index contributed by atoms with van der Waals surface area (Å²) < 4.78 is 27.2. The van der Waals surface area contributed by atoms with Gasteiger partial charge in [0.2, 0.25) is 10.0 Å². The highest BCUT2D eigenvalue weighted by molar-refractivity contribution is 9.09. The van der Waals surface area contributed by atoms with Crippen LogP contribution >= 0.6 is 38.9 Å². The van der Waals surface area contributed by atoms with Gasteiger partial charge in [-0.3, -0.25) is 0 Å². The van der Waals surface area contributed by atoms with Gasteiger partial charge in [0.05, 0.1) is 4.34 Å². The van der Waals surface area contributed by atoms with Crippen LogP contribution in [0.15, 0.2) is 16.3 Å². The topological polar surface area (TPSA) is 46.2 Å². The first-order valence-electron chi connectivity index (χ1n) is 4.83. The van der Waals surface area contributed by atoms with Crippen molar-refractivity contribution in [2.45, 2.75) is 30.0 Å². The summed E-state index contributed by atoms with van der Waals surface area (Å²) in [5, 5.41) is 0.777. The highest BCUT2D eigenvalue weighted by Crippen LogP contribution is 2.25. The number of alkyl halides is 1. The first kappa shape index (κ1) is 14.4. The van der Waals surface area contributed by atoms with Gasteiger partial charge in [-0.05, 0) is 25.0 Å². The van der Waals surface area contributed by atoms with Crippen molar-refractivity contribution in [2.24, 2.45) is 0 Å². The van der Waals surface area contributed by atoms with E-state index >= 15 is 0 Å². The van der Waals surface area contributed by atoms with Crippen molar-refractivity contribution < 1.29 is 8.42 Å². The molecule has 16 heavy (non-hydrogen) atoms. The van der Waals surface area contributed by atoms with Crippen molar-refractivity contribution in [3.05, 3.63) is 16.5 Å². The first-order valence-corrected chi connectivity index (χ1v) is 8.63. The Morgan fingerprint density at radius 1 is 1.56 bits per heavy atom. The molecule has 0 aliphatic rings. The average Bonchev–Trinajstić information content (AvgIpc) is 2.64. The molecule has 0 aliphatic carbocycles. The van der Waals surface area contributed by atoms with Crippen LogP contribution in [0.3, 0.4) is 0 Å². The first-order chi connectivity index (χ1) is 7.49. The Bertz CT molecular complexity index is 432. The zero-order valence-corrected chi connectivity index (χ0v) is 12.7. The van der Waals surface area contributed by atoms with E-state index < -0.39 is 10.0 Å². The van der Waals surface area contributed by atoms with Crippen LogP contribution in [0.25, 0.3) is 0 Å². The van der Waals surface area contributed by atoms with Crippen LogP contribution in [-0.2, 0) is 10.0 Å². The van der Waals surface area contributed by atoms with Crippen molar-refractivity contribution in [3.8, 4) is 0 Å². The van der Waals surface area contributed by atoms with Crippen LogP contribution in [0.4, 0.5) is 0 Å². The van der Waals surface area contributed by atoms with Gasteiger partial charge in [-0.25, -0.2) is 13.1 Å². The molecule has 1 rings (SSSR count). The van der Waals surface area contributed by atoms with E-state index in [-0.39, 0.29) is 10.3 Å². The normalized spacial score (nSPS) is 13.9. The number of thiophene rings is 1. The lowest BCUT2D eigenvalue weighted by atomic mass is 10.2. The summed E-state index contributed by atoms with van der Waals surface area (Å²) in [6, 6.07) is 3.08. The molecule has 0 bridgehead atoms. The summed E-state index contributed by atoms with van der Waals surface area (Å²) in [5.41, 5.74) is 0. The zero-order chi connectivity index (χ0) is 12.2. The van der Waals surface area contributed by atoms with E-state index in [0.717, 1.165) is 29.5 Å². The highest BCUT2D eigenvalue weighted by atomic mass is 79.9. The second kappa shape index (κ2) is 6.35. The lowest BCUT2D eigenvalue weighted by Crippen LogP contribution is -2.34. The maximum atomic E-state index is 11.9. The Kier molecular flexibility index (Phi) is 5.73. The molecule has 1 unspecified atom stereocenters. The quantitative estimate of drug-likeness (QED) is 0.804. The van der Waals surface area contributed by atoms with Gasteiger partial charge in [-0.1, -0.05) is 34.5 Å². The maximum absolute atomic E-state index is 11.9. The van der Waals surface area contributed by atoms with Gasteiger partial charge in [0.15, 0.2) is 0 Å². The molecular weight excluding hydrogens is 334 g/mol. The number of hydrogen-bond donors (Lipinski definition) is 1. The Morgan fingerprint density at radius 3 is 2.69 bits per heavy atom. The van der Waals surface area contributed by atoms with Gasteiger partial charge in [0.1, 0.15) is 4.21 Å². The highest BCUT2D eigenvalue weighted by Gasteiger charge is 2.20. The standard InChI is InChI=1S/C9H13BrClNO2S2/c1-2-7(5-6-10)12-16(13,14)9-4-3-8(11)15-9/h3-4,7,12H,2,5-6H2,1H3. The molecule has 0 spiro atoms. The molecule has 1 aromatic rings. The monoisotopic (exact) mass is 345 g/mol. The average molecular weight is 347 g/mol. The molecule has 3 nitrogen and oxygen atoms in total. The lowest BCUT2D eigenvalue weighted by molar-refractivity contribution is 0.534. The van der Waals surface area contributed by atoms with E-state index in [1.54, 1.807) is 6.07 Å². The van der Waals surface area contributed by atoms with Crippen LogP contribution in [0.2, 0.25) is 4.34 Å². The zero-order valence-electron chi connectivity index (χ0n) is 8.74. The predicted octanol–water partition coefficient (Wildman–Crippen LogP) is 3.24. The van der Waals surface area contributed by atoms with Crippen LogP contribution < -0.4 is 4.72 Å². The Balaban J connectivity index is 2.78. The molecule has 92 valence electrons. The molecule has 1 atom stereocenters. The van der Waals surface area contributed by atoms with Gasteiger partial charge in [-0.15, -0.1) is 11.3 Å². The van der Waals surface area contributed by atoms with Gasteiger partial charge < -0.3 is 0 Å². The Morgan fingerprint density at radius 2 is 2.25 bits per heavy atom. The van der Waals surface area contributed by atoms with E-state index in [1.807, 2.05) is 6.92 Å². The van der Waals surface area contributed by atoms with E-state index in [2.05, 4.69) is 20.7 Å². The van der Waals surface area contributed by atoms with Crippen LogP contribution in [0.1, 0.15) is 19.8 Å². The van der Waals surface area contributed by atoms with Gasteiger partial charge in [0.25, 0.3) is 0 Å². The van der Waals surface area contributed by atoms with E-state index in [1.165, 1.54) is 6.07 Å². The lowest BCUT2D eigenvalue weighted by Gasteiger charge is -2.14. The third-order valence-electron chi connectivity index (χ3n) is 2.09. The van der Waals surface area contributed by atoms with Gasteiger partial charge >= 0.3 is 0 Å². The molecule has 7 heteroatoms. The molecular formula is C9H13BrClNO2S2. The molecule has 0 radical (unpaired) electrons. The molecule has 0 saturated carbocycles.